The van der Waals surface area contributed by atoms with E-state index in [9.17, 15) is 20.0 Å². The van der Waals surface area contributed by atoms with Crippen LogP contribution < -0.4 is 15.0 Å². The van der Waals surface area contributed by atoms with Crippen LogP contribution in [0.3, 0.4) is 0 Å². The van der Waals surface area contributed by atoms with E-state index in [4.69, 9.17) is 9.47 Å². The molecule has 0 saturated carbocycles. The molecule has 1 aromatic heterocycles. The lowest BCUT2D eigenvalue weighted by molar-refractivity contribution is 0.0688. The molecular weight excluding hydrogens is 386 g/mol. The first-order chi connectivity index (χ1) is 14.5. The summed E-state index contributed by atoms with van der Waals surface area (Å²) in [6.07, 6.45) is 3.00. The average Bonchev–Trinajstić information content (AvgIpc) is 2.78. The molecule has 0 fully saturated rings. The Morgan fingerprint density at radius 3 is 2.10 bits per heavy atom. The zero-order valence-corrected chi connectivity index (χ0v) is 16.2. The fourth-order valence-corrected chi connectivity index (χ4v) is 2.76. The van der Waals surface area contributed by atoms with Gasteiger partial charge in [-0.2, -0.15) is 15.0 Å². The Balaban J connectivity index is 2.14. The molecular formula is C22H17N3O5. The van der Waals surface area contributed by atoms with Gasteiger partial charge in [0, 0.05) is 5.56 Å². The van der Waals surface area contributed by atoms with Crippen molar-refractivity contribution in [1.29, 1.82) is 5.26 Å². The number of nitriles is 1. The topological polar surface area (TPSA) is 114 Å². The second kappa shape index (κ2) is 8.75. The quantitative estimate of drug-likeness (QED) is 0.673. The monoisotopic (exact) mass is 403 g/mol. The highest BCUT2D eigenvalue weighted by Crippen LogP contribution is 2.18. The van der Waals surface area contributed by atoms with E-state index in [0.717, 1.165) is 10.2 Å². The number of methoxy groups -OCH3 is 2. The number of aromatic carboxylic acids is 1. The standard InChI is InChI=1S/C22H17N3O5/c1-29-16-8-3-14(4-9-16)5-12-18-19(13-23)21(26)25(24-20(18)22(27)28)15-6-10-17(30-2)11-7-15/h3-12H,1-2H3,(H,27,28)/b12-5-. The molecule has 0 bridgehead atoms. The van der Waals surface area contributed by atoms with Gasteiger partial charge in [-0.1, -0.05) is 24.3 Å². The van der Waals surface area contributed by atoms with Crippen molar-refractivity contribution in [3.05, 3.63) is 81.3 Å². The lowest BCUT2D eigenvalue weighted by Gasteiger charge is -2.10. The van der Waals surface area contributed by atoms with Crippen molar-refractivity contribution in [1.82, 2.24) is 9.78 Å². The Morgan fingerprint density at radius 2 is 1.60 bits per heavy atom. The highest BCUT2D eigenvalue weighted by atomic mass is 16.5. The van der Waals surface area contributed by atoms with E-state index in [2.05, 4.69) is 5.10 Å². The normalized spacial score (nSPS) is 10.6. The lowest BCUT2D eigenvalue weighted by Crippen LogP contribution is -2.28. The third-order valence-electron chi connectivity index (χ3n) is 4.32. The molecule has 3 rings (SSSR count). The zero-order chi connectivity index (χ0) is 21.7. The van der Waals surface area contributed by atoms with Gasteiger partial charge in [0.05, 0.1) is 19.9 Å². The minimum absolute atomic E-state index is 0.0596. The number of ether oxygens (including phenoxy) is 2. The van der Waals surface area contributed by atoms with Crippen molar-refractivity contribution in [3.63, 3.8) is 0 Å². The number of rotatable bonds is 6. The smallest absolute Gasteiger partial charge is 0.357 e. The van der Waals surface area contributed by atoms with Crippen molar-refractivity contribution in [2.24, 2.45) is 0 Å². The third-order valence-corrected chi connectivity index (χ3v) is 4.32. The largest absolute Gasteiger partial charge is 0.497 e. The third kappa shape index (κ3) is 4.05. The molecule has 0 spiro atoms. The van der Waals surface area contributed by atoms with E-state index in [1.165, 1.54) is 13.2 Å². The predicted molar refractivity (Wildman–Crippen MR) is 110 cm³/mol. The first kappa shape index (κ1) is 20.4. The number of carbonyl (C=O) groups is 1. The molecule has 3 aromatic rings. The van der Waals surface area contributed by atoms with E-state index >= 15 is 0 Å². The van der Waals surface area contributed by atoms with Gasteiger partial charge in [0.1, 0.15) is 23.1 Å². The molecule has 8 nitrogen and oxygen atoms in total. The van der Waals surface area contributed by atoms with Crippen LogP contribution in [-0.2, 0) is 0 Å². The van der Waals surface area contributed by atoms with Crippen LogP contribution in [0.4, 0.5) is 0 Å². The van der Waals surface area contributed by atoms with Crippen LogP contribution in [0.2, 0.25) is 0 Å². The highest BCUT2D eigenvalue weighted by molar-refractivity contribution is 5.92. The first-order valence-corrected chi connectivity index (χ1v) is 8.75. The summed E-state index contributed by atoms with van der Waals surface area (Å²) in [7, 11) is 3.05. The van der Waals surface area contributed by atoms with Crippen LogP contribution in [0.5, 0.6) is 11.5 Å². The predicted octanol–water partition coefficient (Wildman–Crippen LogP) is 2.99. The maximum atomic E-state index is 12.8. The summed E-state index contributed by atoms with van der Waals surface area (Å²) in [5.41, 5.74) is -0.465. The molecule has 150 valence electrons. The molecule has 1 heterocycles. The molecule has 0 aliphatic heterocycles. The van der Waals surface area contributed by atoms with Gasteiger partial charge in [-0.3, -0.25) is 4.79 Å². The van der Waals surface area contributed by atoms with Gasteiger partial charge in [0.15, 0.2) is 5.69 Å². The molecule has 1 N–H and O–H groups in total. The van der Waals surface area contributed by atoms with Gasteiger partial charge < -0.3 is 14.6 Å². The van der Waals surface area contributed by atoms with Crippen molar-refractivity contribution >= 4 is 18.1 Å². The number of carboxylic acid groups (broad SMARTS) is 1. The summed E-state index contributed by atoms with van der Waals surface area (Å²) in [4.78, 5) is 24.7. The number of hydrogen-bond acceptors (Lipinski definition) is 6. The highest BCUT2D eigenvalue weighted by Gasteiger charge is 2.21. The number of carboxylic acids is 1. The van der Waals surface area contributed by atoms with E-state index in [0.29, 0.717) is 17.2 Å². The summed E-state index contributed by atoms with van der Waals surface area (Å²) in [5, 5.41) is 23.2. The number of hydrogen-bond donors (Lipinski definition) is 1. The van der Waals surface area contributed by atoms with Gasteiger partial charge in [-0.15, -0.1) is 0 Å². The Hall–Kier alpha value is -4.38. The lowest BCUT2D eigenvalue weighted by atomic mass is 10.1. The van der Waals surface area contributed by atoms with Crippen molar-refractivity contribution in [3.8, 4) is 23.3 Å². The maximum absolute atomic E-state index is 12.8. The summed E-state index contributed by atoms with van der Waals surface area (Å²) >= 11 is 0. The molecule has 2 aromatic carbocycles. The average molecular weight is 403 g/mol. The summed E-state index contributed by atoms with van der Waals surface area (Å²) in [5.74, 6) is -0.132. The Labute approximate surface area is 171 Å². The van der Waals surface area contributed by atoms with Crippen LogP contribution in [0.15, 0.2) is 53.3 Å². The number of aromatic nitrogens is 2. The maximum Gasteiger partial charge on any atom is 0.357 e. The molecule has 0 atom stereocenters. The van der Waals surface area contributed by atoms with Crippen LogP contribution >= 0.6 is 0 Å². The summed E-state index contributed by atoms with van der Waals surface area (Å²) in [6.45, 7) is 0. The van der Waals surface area contributed by atoms with E-state index in [1.54, 1.807) is 61.7 Å². The second-order valence-corrected chi connectivity index (χ2v) is 6.08. The Kier molecular flexibility index (Phi) is 5.94. The fourth-order valence-electron chi connectivity index (χ4n) is 2.76. The zero-order valence-electron chi connectivity index (χ0n) is 16.2. The molecule has 0 aliphatic rings. The van der Waals surface area contributed by atoms with Crippen LogP contribution in [0.1, 0.15) is 27.2 Å². The first-order valence-electron chi connectivity index (χ1n) is 8.75. The van der Waals surface area contributed by atoms with Gasteiger partial charge in [0.25, 0.3) is 5.56 Å². The van der Waals surface area contributed by atoms with Gasteiger partial charge in [-0.05, 0) is 42.0 Å². The summed E-state index contributed by atoms with van der Waals surface area (Å²) in [6, 6.07) is 15.1. The molecule has 30 heavy (non-hydrogen) atoms. The van der Waals surface area contributed by atoms with E-state index in [-0.39, 0.29) is 11.1 Å². The molecule has 0 radical (unpaired) electrons. The summed E-state index contributed by atoms with van der Waals surface area (Å²) < 4.78 is 11.1. The van der Waals surface area contributed by atoms with Gasteiger partial charge >= 0.3 is 5.97 Å². The Morgan fingerprint density at radius 1 is 1.03 bits per heavy atom. The second-order valence-electron chi connectivity index (χ2n) is 6.08. The minimum atomic E-state index is -1.36. The van der Waals surface area contributed by atoms with E-state index in [1.807, 2.05) is 6.07 Å². The SMILES string of the molecule is COc1ccc(/C=C\c2c(C(=O)O)nn(-c3ccc(OC)cc3)c(=O)c2C#N)cc1. The molecule has 0 unspecified atom stereocenters. The molecule has 8 heteroatoms. The van der Waals surface area contributed by atoms with Crippen LogP contribution in [0.25, 0.3) is 17.8 Å². The van der Waals surface area contributed by atoms with Crippen LogP contribution in [-0.4, -0.2) is 35.1 Å². The fraction of sp³-hybridized carbons (Fsp3) is 0.0909. The van der Waals surface area contributed by atoms with Gasteiger partial charge in [-0.25, -0.2) is 4.79 Å². The molecule has 0 saturated heterocycles. The number of nitrogens with zero attached hydrogens (tertiary/aromatic N) is 3. The van der Waals surface area contributed by atoms with Crippen molar-refractivity contribution < 1.29 is 19.4 Å². The van der Waals surface area contributed by atoms with Crippen LogP contribution in [0, 0.1) is 11.3 Å². The number of benzene rings is 2. The van der Waals surface area contributed by atoms with E-state index < -0.39 is 17.2 Å². The minimum Gasteiger partial charge on any atom is -0.497 e. The molecule has 0 aliphatic carbocycles. The van der Waals surface area contributed by atoms with Gasteiger partial charge in [0.2, 0.25) is 0 Å². The Bertz CT molecular complexity index is 1200. The van der Waals surface area contributed by atoms with Crippen molar-refractivity contribution in [2.45, 2.75) is 0 Å². The van der Waals surface area contributed by atoms with Crippen molar-refractivity contribution in [2.75, 3.05) is 14.2 Å². The molecule has 0 amide bonds.